The summed E-state index contributed by atoms with van der Waals surface area (Å²) in [7, 11) is -2.97. The average Bonchev–Trinajstić information content (AvgIpc) is 2.84. The van der Waals surface area contributed by atoms with Crippen LogP contribution < -0.4 is 4.18 Å². The van der Waals surface area contributed by atoms with Gasteiger partial charge in [0.2, 0.25) is 0 Å². The molecule has 0 fully saturated rings. The van der Waals surface area contributed by atoms with Crippen molar-refractivity contribution in [1.82, 2.24) is 0 Å². The summed E-state index contributed by atoms with van der Waals surface area (Å²) in [6, 6.07) is 5.16. The highest BCUT2D eigenvalue weighted by Gasteiger charge is 2.23. The van der Waals surface area contributed by atoms with Gasteiger partial charge in [0.05, 0.1) is 7.11 Å². The van der Waals surface area contributed by atoms with Crippen molar-refractivity contribution in [2.75, 3.05) is 7.11 Å². The lowest BCUT2D eigenvalue weighted by molar-refractivity contribution is 0.0604. The predicted molar refractivity (Wildman–Crippen MR) is 79.9 cm³/mol. The number of methoxy groups -OCH3 is 1. The fourth-order valence-corrected chi connectivity index (χ4v) is 3.90. The van der Waals surface area contributed by atoms with E-state index in [1.807, 2.05) is 0 Å². The molecular weight excluding hydrogens is 359 g/mol. The van der Waals surface area contributed by atoms with Crippen molar-refractivity contribution >= 4 is 50.6 Å². The quantitative estimate of drug-likeness (QED) is 0.610. The van der Waals surface area contributed by atoms with Gasteiger partial charge in [-0.2, -0.15) is 8.42 Å². The molecule has 0 saturated heterocycles. The van der Waals surface area contributed by atoms with Gasteiger partial charge in [0, 0.05) is 10.0 Å². The first kappa shape index (κ1) is 16.1. The maximum atomic E-state index is 12.2. The molecule has 0 saturated carbocycles. The Hall–Kier alpha value is -1.28. The largest absolute Gasteiger partial charge is 0.465 e. The summed E-state index contributed by atoms with van der Waals surface area (Å²) >= 11 is 12.5. The Morgan fingerprint density at radius 2 is 1.81 bits per heavy atom. The van der Waals surface area contributed by atoms with Gasteiger partial charge in [-0.05, 0) is 29.6 Å². The number of esters is 1. The van der Waals surface area contributed by atoms with Crippen molar-refractivity contribution in [2.24, 2.45) is 0 Å². The summed E-state index contributed by atoms with van der Waals surface area (Å²) in [6.45, 7) is 0. The van der Waals surface area contributed by atoms with E-state index in [-0.39, 0.29) is 25.6 Å². The third kappa shape index (κ3) is 3.68. The van der Waals surface area contributed by atoms with Crippen molar-refractivity contribution in [2.45, 2.75) is 4.90 Å². The van der Waals surface area contributed by atoms with Crippen LogP contribution in [0.15, 0.2) is 34.5 Å². The Bertz CT molecular complexity index is 762. The molecular formula is C12H8Cl2O5S2. The molecule has 9 heteroatoms. The SMILES string of the molecule is COC(=O)c1sccc1OS(=O)(=O)c1cc(Cl)cc(Cl)c1. The summed E-state index contributed by atoms with van der Waals surface area (Å²) in [5.74, 6) is -0.790. The highest BCUT2D eigenvalue weighted by atomic mass is 35.5. The van der Waals surface area contributed by atoms with Gasteiger partial charge in [-0.15, -0.1) is 11.3 Å². The predicted octanol–water partition coefficient (Wildman–Crippen LogP) is 3.61. The zero-order chi connectivity index (χ0) is 15.6. The summed E-state index contributed by atoms with van der Waals surface area (Å²) in [5, 5.41) is 1.83. The number of rotatable bonds is 4. The second kappa shape index (κ2) is 6.23. The molecule has 112 valence electrons. The molecule has 2 aromatic rings. The Labute approximate surface area is 135 Å². The third-order valence-electron chi connectivity index (χ3n) is 2.32. The lowest BCUT2D eigenvalue weighted by Crippen LogP contribution is -2.11. The smallest absolute Gasteiger partial charge is 0.351 e. The number of thiophene rings is 1. The molecule has 0 aliphatic heterocycles. The Kier molecular flexibility index (Phi) is 4.77. The van der Waals surface area contributed by atoms with Crippen LogP contribution in [0.25, 0.3) is 0 Å². The Morgan fingerprint density at radius 3 is 2.38 bits per heavy atom. The summed E-state index contributed by atoms with van der Waals surface area (Å²) in [4.78, 5) is 11.3. The first-order valence-corrected chi connectivity index (χ1v) is 8.44. The molecule has 0 atom stereocenters. The fourth-order valence-electron chi connectivity index (χ4n) is 1.44. The number of ether oxygens (including phenoxy) is 1. The maximum Gasteiger partial charge on any atom is 0.351 e. The zero-order valence-electron chi connectivity index (χ0n) is 10.5. The molecule has 21 heavy (non-hydrogen) atoms. The van der Waals surface area contributed by atoms with E-state index in [9.17, 15) is 13.2 Å². The molecule has 0 aliphatic carbocycles. The van der Waals surface area contributed by atoms with Crippen LogP contribution in [0, 0.1) is 0 Å². The van der Waals surface area contributed by atoms with E-state index in [2.05, 4.69) is 4.74 Å². The van der Waals surface area contributed by atoms with Gasteiger partial charge in [0.1, 0.15) is 4.90 Å². The lowest BCUT2D eigenvalue weighted by Gasteiger charge is -2.08. The van der Waals surface area contributed by atoms with Gasteiger partial charge in [-0.3, -0.25) is 0 Å². The fraction of sp³-hybridized carbons (Fsp3) is 0.0833. The van der Waals surface area contributed by atoms with Gasteiger partial charge in [-0.1, -0.05) is 23.2 Å². The van der Waals surface area contributed by atoms with Crippen LogP contribution in [0.2, 0.25) is 10.0 Å². The molecule has 1 heterocycles. The molecule has 0 radical (unpaired) electrons. The van der Waals surface area contributed by atoms with E-state index >= 15 is 0 Å². The van der Waals surface area contributed by atoms with Crippen molar-refractivity contribution in [1.29, 1.82) is 0 Å². The first-order chi connectivity index (χ1) is 9.83. The second-order valence-corrected chi connectivity index (χ2v) is 7.08. The molecule has 0 N–H and O–H groups in total. The van der Waals surface area contributed by atoms with Crippen molar-refractivity contribution in [3.63, 3.8) is 0 Å². The van der Waals surface area contributed by atoms with Crippen LogP contribution in [0.4, 0.5) is 0 Å². The minimum Gasteiger partial charge on any atom is -0.465 e. The van der Waals surface area contributed by atoms with Crippen LogP contribution in [0.5, 0.6) is 5.75 Å². The van der Waals surface area contributed by atoms with Gasteiger partial charge in [0.15, 0.2) is 10.6 Å². The normalized spacial score (nSPS) is 11.2. The Morgan fingerprint density at radius 1 is 1.19 bits per heavy atom. The van der Waals surface area contributed by atoms with Gasteiger partial charge in [-0.25, -0.2) is 4.79 Å². The Balaban J connectivity index is 2.38. The molecule has 1 aromatic carbocycles. The van der Waals surface area contributed by atoms with E-state index in [0.717, 1.165) is 11.3 Å². The molecule has 5 nitrogen and oxygen atoms in total. The number of hydrogen-bond donors (Lipinski definition) is 0. The number of carbonyl (C=O) groups is 1. The minimum atomic E-state index is -4.16. The number of hydrogen-bond acceptors (Lipinski definition) is 6. The van der Waals surface area contributed by atoms with Crippen LogP contribution in [0.3, 0.4) is 0 Å². The van der Waals surface area contributed by atoms with Gasteiger partial charge in [0.25, 0.3) is 0 Å². The van der Waals surface area contributed by atoms with Crippen molar-refractivity contribution < 1.29 is 22.1 Å². The molecule has 0 amide bonds. The highest BCUT2D eigenvalue weighted by Crippen LogP contribution is 2.30. The lowest BCUT2D eigenvalue weighted by atomic mass is 10.4. The zero-order valence-corrected chi connectivity index (χ0v) is 13.6. The standard InChI is InChI=1S/C12H8Cl2O5S2/c1-18-12(15)11-10(2-3-20-11)19-21(16,17)9-5-7(13)4-8(14)6-9/h2-6H,1H3. The first-order valence-electron chi connectivity index (χ1n) is 5.40. The van der Waals surface area contributed by atoms with Crippen LogP contribution in [-0.2, 0) is 14.9 Å². The summed E-state index contributed by atoms with van der Waals surface area (Å²) < 4.78 is 33.9. The maximum absolute atomic E-state index is 12.2. The molecule has 0 aliphatic rings. The van der Waals surface area contributed by atoms with Crippen LogP contribution in [-0.4, -0.2) is 21.5 Å². The van der Waals surface area contributed by atoms with E-state index in [1.54, 1.807) is 0 Å². The topological polar surface area (TPSA) is 69.7 Å². The van der Waals surface area contributed by atoms with Crippen LogP contribution >= 0.6 is 34.5 Å². The highest BCUT2D eigenvalue weighted by molar-refractivity contribution is 7.87. The number of halogens is 2. The van der Waals surface area contributed by atoms with E-state index in [0.29, 0.717) is 0 Å². The molecule has 0 bridgehead atoms. The van der Waals surface area contributed by atoms with Crippen molar-refractivity contribution in [3.8, 4) is 5.75 Å². The van der Waals surface area contributed by atoms with Crippen LogP contribution in [0.1, 0.15) is 9.67 Å². The number of benzene rings is 1. The number of carbonyl (C=O) groups excluding carboxylic acids is 1. The van der Waals surface area contributed by atoms with Gasteiger partial charge < -0.3 is 8.92 Å². The molecule has 0 spiro atoms. The monoisotopic (exact) mass is 366 g/mol. The van der Waals surface area contributed by atoms with E-state index < -0.39 is 16.1 Å². The van der Waals surface area contributed by atoms with Crippen molar-refractivity contribution in [3.05, 3.63) is 44.6 Å². The van der Waals surface area contributed by atoms with Gasteiger partial charge >= 0.3 is 16.1 Å². The van der Waals surface area contributed by atoms with E-state index in [4.69, 9.17) is 27.4 Å². The average molecular weight is 367 g/mol. The minimum absolute atomic E-state index is 0.0502. The summed E-state index contributed by atoms with van der Waals surface area (Å²) in [6.07, 6.45) is 0. The molecule has 1 aromatic heterocycles. The van der Waals surface area contributed by atoms with E-state index in [1.165, 1.54) is 36.8 Å². The summed E-state index contributed by atoms with van der Waals surface area (Å²) in [5.41, 5.74) is 0. The third-order valence-corrected chi connectivity index (χ3v) is 4.85. The second-order valence-electron chi connectivity index (χ2n) is 3.75. The molecule has 2 rings (SSSR count). The molecule has 0 unspecified atom stereocenters.